The van der Waals surface area contributed by atoms with Crippen molar-refractivity contribution < 1.29 is 0 Å². The number of unbranched alkanes of at least 4 members (excludes halogenated alkanes) is 8. The van der Waals surface area contributed by atoms with Gasteiger partial charge in [0.25, 0.3) is 0 Å². The fourth-order valence-corrected chi connectivity index (χ4v) is 2.00. The van der Waals surface area contributed by atoms with E-state index in [0.717, 1.165) is 13.0 Å². The molecule has 5 N–H and O–H groups in total. The minimum absolute atomic E-state index is 0.0135. The molecule has 0 aliphatic heterocycles. The maximum atomic E-state index is 5.21. The summed E-state index contributed by atoms with van der Waals surface area (Å²) < 4.78 is 0. The maximum Gasteiger partial charge on any atom is 0.196 e. The van der Waals surface area contributed by atoms with Crippen molar-refractivity contribution >= 4 is 23.3 Å². The summed E-state index contributed by atoms with van der Waals surface area (Å²) in [5, 5.41) is 3.40. The molecule has 0 radical (unpaired) electrons. The Labute approximate surface area is 117 Å². The molecule has 5 heteroatoms. The molecule has 0 rings (SSSR count). The lowest BCUT2D eigenvalue weighted by Crippen LogP contribution is -2.28. The molecule has 0 fully saturated rings. The van der Waals surface area contributed by atoms with Gasteiger partial charge in [-0.25, -0.2) is 0 Å². The zero-order chi connectivity index (χ0) is 13.6. The van der Waals surface area contributed by atoms with Crippen LogP contribution in [0.4, 0.5) is 0 Å². The normalized spacial score (nSPS) is 10.1. The van der Waals surface area contributed by atoms with Gasteiger partial charge in [0.15, 0.2) is 11.1 Å². The quantitative estimate of drug-likeness (QED) is 0.247. The van der Waals surface area contributed by atoms with Crippen molar-refractivity contribution in [3.05, 3.63) is 0 Å². The third-order valence-electron chi connectivity index (χ3n) is 2.79. The Kier molecular flexibility index (Phi) is 12.0. The van der Waals surface area contributed by atoms with Crippen LogP contribution in [0.2, 0.25) is 0 Å². The minimum Gasteiger partial charge on any atom is -0.370 e. The number of nitrogens with two attached hydrogens (primary N) is 2. The second-order valence-electron chi connectivity index (χ2n) is 4.60. The number of rotatable bonds is 10. The van der Waals surface area contributed by atoms with E-state index in [-0.39, 0.29) is 5.96 Å². The Balaban J connectivity index is 3.16. The van der Waals surface area contributed by atoms with Gasteiger partial charge >= 0.3 is 0 Å². The Morgan fingerprint density at radius 3 is 1.94 bits per heavy atom. The predicted molar refractivity (Wildman–Crippen MR) is 83.6 cm³/mol. The summed E-state index contributed by atoms with van der Waals surface area (Å²) in [6.45, 7) is 3.10. The summed E-state index contributed by atoms with van der Waals surface area (Å²) in [4.78, 5) is 3.75. The van der Waals surface area contributed by atoms with Gasteiger partial charge in [0.1, 0.15) is 0 Å². The van der Waals surface area contributed by atoms with E-state index >= 15 is 0 Å². The summed E-state index contributed by atoms with van der Waals surface area (Å²) in [7, 11) is 0. The highest BCUT2D eigenvalue weighted by Gasteiger charge is 1.94. The van der Waals surface area contributed by atoms with Gasteiger partial charge < -0.3 is 16.8 Å². The summed E-state index contributed by atoms with van der Waals surface area (Å²) in [5.41, 5.74) is 10.4. The Morgan fingerprint density at radius 1 is 0.944 bits per heavy atom. The first-order valence-corrected chi connectivity index (χ1v) is 7.45. The summed E-state index contributed by atoms with van der Waals surface area (Å²) >= 11 is 4.93. The van der Waals surface area contributed by atoms with Crippen molar-refractivity contribution in [1.29, 1.82) is 0 Å². The molecule has 0 aromatic carbocycles. The largest absolute Gasteiger partial charge is 0.370 e. The van der Waals surface area contributed by atoms with E-state index < -0.39 is 0 Å². The molecule has 0 bridgehead atoms. The Morgan fingerprint density at radius 2 is 1.44 bits per heavy atom. The average molecular weight is 272 g/mol. The minimum atomic E-state index is 0.0135. The van der Waals surface area contributed by atoms with E-state index in [0.29, 0.717) is 5.11 Å². The van der Waals surface area contributed by atoms with Gasteiger partial charge in [0, 0.05) is 6.54 Å². The van der Waals surface area contributed by atoms with Crippen molar-refractivity contribution in [2.24, 2.45) is 16.5 Å². The topological polar surface area (TPSA) is 76.4 Å². The highest BCUT2D eigenvalue weighted by Crippen LogP contribution is 2.09. The third-order valence-corrected chi connectivity index (χ3v) is 3.02. The molecule has 4 nitrogen and oxygen atoms in total. The molecule has 0 amide bonds. The van der Waals surface area contributed by atoms with Crippen molar-refractivity contribution in [2.45, 2.75) is 64.7 Å². The first kappa shape index (κ1) is 17.2. The molecule has 0 saturated heterocycles. The molecular formula is C13H28N4S. The molecule has 0 spiro atoms. The molecule has 0 atom stereocenters. The number of aliphatic imine (C=N–C) groups is 1. The van der Waals surface area contributed by atoms with Crippen molar-refractivity contribution in [3.63, 3.8) is 0 Å². The first-order chi connectivity index (χ1) is 8.66. The fraction of sp³-hybridized carbons (Fsp3) is 0.846. The van der Waals surface area contributed by atoms with Gasteiger partial charge in [0.2, 0.25) is 0 Å². The van der Waals surface area contributed by atoms with Gasteiger partial charge in [0.05, 0.1) is 0 Å². The highest BCUT2D eigenvalue weighted by atomic mass is 32.1. The Bertz CT molecular complexity index is 237. The van der Waals surface area contributed by atoms with Crippen LogP contribution < -0.4 is 16.8 Å². The average Bonchev–Trinajstić information content (AvgIpc) is 2.30. The predicted octanol–water partition coefficient (Wildman–Crippen LogP) is 2.67. The van der Waals surface area contributed by atoms with E-state index in [1.165, 1.54) is 51.4 Å². The standard InChI is InChI=1S/C13H28N4S/c1-2-3-4-5-6-7-8-9-10-11-16-13(18)17-12(14)15/h2-11H2,1H3,(H5,14,15,16,17,18). The summed E-state index contributed by atoms with van der Waals surface area (Å²) in [6.07, 6.45) is 11.9. The third kappa shape index (κ3) is 13.2. The van der Waals surface area contributed by atoms with Crippen LogP contribution >= 0.6 is 12.2 Å². The molecule has 18 heavy (non-hydrogen) atoms. The van der Waals surface area contributed by atoms with Gasteiger partial charge in [-0.1, -0.05) is 58.3 Å². The van der Waals surface area contributed by atoms with Gasteiger partial charge in [-0.2, -0.15) is 4.99 Å². The first-order valence-electron chi connectivity index (χ1n) is 7.04. The number of nitrogens with one attached hydrogen (secondary N) is 1. The SMILES string of the molecule is CCCCCCCCCCCNC(=S)N=C(N)N. The van der Waals surface area contributed by atoms with E-state index in [4.69, 9.17) is 23.7 Å². The van der Waals surface area contributed by atoms with Crippen LogP contribution in [0, 0.1) is 0 Å². The maximum absolute atomic E-state index is 5.21. The molecule has 0 saturated carbocycles. The number of nitrogens with zero attached hydrogens (tertiary/aromatic N) is 1. The molecule has 0 heterocycles. The Hall–Kier alpha value is -0.840. The van der Waals surface area contributed by atoms with Crippen LogP contribution in [0.15, 0.2) is 4.99 Å². The smallest absolute Gasteiger partial charge is 0.196 e. The summed E-state index contributed by atoms with van der Waals surface area (Å²) in [6, 6.07) is 0. The number of thiocarbonyl (C=S) groups is 1. The van der Waals surface area contributed by atoms with E-state index in [9.17, 15) is 0 Å². The van der Waals surface area contributed by atoms with E-state index in [1.807, 2.05) is 0 Å². The lowest BCUT2D eigenvalue weighted by atomic mass is 10.1. The monoisotopic (exact) mass is 272 g/mol. The lowest BCUT2D eigenvalue weighted by molar-refractivity contribution is 0.563. The molecule has 0 unspecified atom stereocenters. The zero-order valence-corrected chi connectivity index (χ0v) is 12.4. The summed E-state index contributed by atoms with van der Waals surface area (Å²) in [5.74, 6) is 0.0135. The van der Waals surface area contributed by atoms with Crippen LogP contribution in [0.1, 0.15) is 64.7 Å². The van der Waals surface area contributed by atoms with Crippen LogP contribution in [0.5, 0.6) is 0 Å². The molecule has 0 aliphatic rings. The highest BCUT2D eigenvalue weighted by molar-refractivity contribution is 7.80. The van der Waals surface area contributed by atoms with Gasteiger partial charge in [-0.15, -0.1) is 0 Å². The fourth-order valence-electron chi connectivity index (χ4n) is 1.79. The van der Waals surface area contributed by atoms with Crippen molar-refractivity contribution in [1.82, 2.24) is 5.32 Å². The van der Waals surface area contributed by atoms with Crippen LogP contribution in [0.25, 0.3) is 0 Å². The number of hydrogen-bond donors (Lipinski definition) is 3. The molecule has 0 aromatic rings. The van der Waals surface area contributed by atoms with Crippen LogP contribution in [0.3, 0.4) is 0 Å². The van der Waals surface area contributed by atoms with E-state index in [2.05, 4.69) is 17.2 Å². The number of hydrogen-bond acceptors (Lipinski definition) is 1. The van der Waals surface area contributed by atoms with Gasteiger partial charge in [-0.05, 0) is 18.6 Å². The molecule has 0 aliphatic carbocycles. The second-order valence-corrected chi connectivity index (χ2v) is 4.98. The lowest BCUT2D eigenvalue weighted by Gasteiger charge is -2.04. The van der Waals surface area contributed by atoms with E-state index in [1.54, 1.807) is 0 Å². The zero-order valence-electron chi connectivity index (χ0n) is 11.6. The molecule has 106 valence electrons. The van der Waals surface area contributed by atoms with Crippen LogP contribution in [-0.2, 0) is 0 Å². The second kappa shape index (κ2) is 12.6. The van der Waals surface area contributed by atoms with Crippen molar-refractivity contribution in [2.75, 3.05) is 6.54 Å². The molecular weight excluding hydrogens is 244 g/mol. The van der Waals surface area contributed by atoms with Gasteiger partial charge in [-0.3, -0.25) is 0 Å². The number of guanidine groups is 1. The molecule has 0 aromatic heterocycles. The van der Waals surface area contributed by atoms with Crippen LogP contribution in [-0.4, -0.2) is 17.6 Å². The van der Waals surface area contributed by atoms with Crippen molar-refractivity contribution in [3.8, 4) is 0 Å².